The third-order valence-electron chi connectivity index (χ3n) is 4.34. The van der Waals surface area contributed by atoms with Gasteiger partial charge in [0, 0.05) is 23.9 Å². The monoisotopic (exact) mass is 289 g/mol. The van der Waals surface area contributed by atoms with E-state index in [1.807, 2.05) is 0 Å². The molecule has 0 aromatic heterocycles. The normalized spacial score (nSPS) is 21.7. The van der Waals surface area contributed by atoms with Crippen LogP contribution in [0, 0.1) is 24.1 Å². The molecule has 1 aromatic rings. The lowest BCUT2D eigenvalue weighted by Gasteiger charge is -2.34. The van der Waals surface area contributed by atoms with Gasteiger partial charge >= 0.3 is 0 Å². The molecule has 0 heterocycles. The molecule has 3 heteroatoms. The van der Waals surface area contributed by atoms with Crippen LogP contribution in [0.25, 0.3) is 0 Å². The van der Waals surface area contributed by atoms with Crippen molar-refractivity contribution in [2.24, 2.45) is 11.3 Å². The van der Waals surface area contributed by atoms with Gasteiger partial charge in [0.15, 0.2) is 5.78 Å². The molecule has 1 fully saturated rings. The predicted molar refractivity (Wildman–Crippen MR) is 84.6 cm³/mol. The topological polar surface area (TPSA) is 29.1 Å². The molecule has 0 unspecified atom stereocenters. The van der Waals surface area contributed by atoms with E-state index >= 15 is 0 Å². The Bertz CT molecular complexity index is 569. The van der Waals surface area contributed by atoms with Gasteiger partial charge in [-0.1, -0.05) is 20.8 Å². The van der Waals surface area contributed by atoms with Crippen molar-refractivity contribution in [3.05, 3.63) is 41.4 Å². The summed E-state index contributed by atoms with van der Waals surface area (Å²) in [6, 6.07) is 4.88. The first-order chi connectivity index (χ1) is 9.77. The average Bonchev–Trinajstić information content (AvgIpc) is 2.40. The summed E-state index contributed by atoms with van der Waals surface area (Å²) < 4.78 is 13.2. The highest BCUT2D eigenvalue weighted by molar-refractivity contribution is 5.96. The number of anilines is 1. The number of Topliss-reactive ketones (excluding diaryl/α,β-unsaturated/α-hetero) is 1. The van der Waals surface area contributed by atoms with Crippen LogP contribution in [0.1, 0.15) is 45.6 Å². The highest BCUT2D eigenvalue weighted by Gasteiger charge is 2.31. The standard InChI is InChI=1S/C18H24FNO/c1-12-9-15(6-7-16(12)19)20-11-13-10-14(18(2,3)4)5-8-17(13)21/h6-7,9,11,14,20H,5,8,10H2,1-4H3/b13-11+/t14-/m1/s1. The van der Waals surface area contributed by atoms with Crippen LogP contribution in [-0.2, 0) is 4.79 Å². The van der Waals surface area contributed by atoms with E-state index in [1.54, 1.807) is 25.3 Å². The lowest BCUT2D eigenvalue weighted by atomic mass is 9.71. The number of hydrogen-bond donors (Lipinski definition) is 1. The van der Waals surface area contributed by atoms with Gasteiger partial charge in [0.05, 0.1) is 0 Å². The molecule has 1 aromatic carbocycles. The van der Waals surface area contributed by atoms with Crippen LogP contribution in [0.15, 0.2) is 30.0 Å². The van der Waals surface area contributed by atoms with Crippen molar-refractivity contribution in [1.82, 2.24) is 0 Å². The first-order valence-corrected chi connectivity index (χ1v) is 7.52. The SMILES string of the molecule is Cc1cc(N/C=C2\C[C@H](C(C)(C)C)CCC2=O)ccc1F. The minimum atomic E-state index is -0.213. The first-order valence-electron chi connectivity index (χ1n) is 7.52. The van der Waals surface area contributed by atoms with Crippen LogP contribution in [0.3, 0.4) is 0 Å². The molecule has 0 bridgehead atoms. The van der Waals surface area contributed by atoms with Crippen LogP contribution in [0.5, 0.6) is 0 Å². The molecule has 2 rings (SSSR count). The molecular weight excluding hydrogens is 265 g/mol. The molecule has 1 aliphatic rings. The molecule has 1 N–H and O–H groups in total. The number of halogens is 1. The van der Waals surface area contributed by atoms with Crippen LogP contribution in [0.4, 0.5) is 10.1 Å². The van der Waals surface area contributed by atoms with E-state index in [0.29, 0.717) is 17.9 Å². The van der Waals surface area contributed by atoms with Crippen molar-refractivity contribution in [3.63, 3.8) is 0 Å². The van der Waals surface area contributed by atoms with Gasteiger partial charge in [-0.05, 0) is 54.9 Å². The molecule has 2 nitrogen and oxygen atoms in total. The molecule has 0 radical (unpaired) electrons. The summed E-state index contributed by atoms with van der Waals surface area (Å²) in [6.45, 7) is 8.40. The van der Waals surface area contributed by atoms with Gasteiger partial charge in [-0.2, -0.15) is 0 Å². The average molecular weight is 289 g/mol. The van der Waals surface area contributed by atoms with Crippen molar-refractivity contribution in [3.8, 4) is 0 Å². The number of carbonyl (C=O) groups excluding carboxylic acids is 1. The van der Waals surface area contributed by atoms with Gasteiger partial charge in [0.25, 0.3) is 0 Å². The molecule has 0 saturated heterocycles. The summed E-state index contributed by atoms with van der Waals surface area (Å²) in [6.07, 6.45) is 4.20. The Morgan fingerprint density at radius 1 is 1.33 bits per heavy atom. The minimum absolute atomic E-state index is 0.213. The molecule has 1 saturated carbocycles. The summed E-state index contributed by atoms with van der Waals surface area (Å²) in [5, 5.41) is 3.14. The molecular formula is C18H24FNO. The maximum atomic E-state index is 13.2. The second kappa shape index (κ2) is 6.00. The minimum Gasteiger partial charge on any atom is -0.361 e. The molecule has 0 amide bonds. The predicted octanol–water partition coefficient (Wildman–Crippen LogP) is 4.85. The second-order valence-corrected chi connectivity index (χ2v) is 7.01. The zero-order valence-electron chi connectivity index (χ0n) is 13.3. The lowest BCUT2D eigenvalue weighted by molar-refractivity contribution is -0.117. The van der Waals surface area contributed by atoms with Crippen molar-refractivity contribution in [2.75, 3.05) is 5.32 Å². The van der Waals surface area contributed by atoms with Crippen molar-refractivity contribution >= 4 is 11.5 Å². The Kier molecular flexibility index (Phi) is 4.50. The Morgan fingerprint density at radius 3 is 2.67 bits per heavy atom. The number of carbonyl (C=O) groups is 1. The van der Waals surface area contributed by atoms with E-state index in [1.165, 1.54) is 6.07 Å². The maximum absolute atomic E-state index is 13.2. The maximum Gasteiger partial charge on any atom is 0.160 e. The van der Waals surface area contributed by atoms with E-state index < -0.39 is 0 Å². The zero-order valence-corrected chi connectivity index (χ0v) is 13.3. The van der Waals surface area contributed by atoms with Gasteiger partial charge in [0.2, 0.25) is 0 Å². The Balaban J connectivity index is 2.11. The third kappa shape index (κ3) is 3.93. The summed E-state index contributed by atoms with van der Waals surface area (Å²) >= 11 is 0. The summed E-state index contributed by atoms with van der Waals surface area (Å²) in [4.78, 5) is 12.0. The lowest BCUT2D eigenvalue weighted by Crippen LogP contribution is -2.27. The molecule has 114 valence electrons. The van der Waals surface area contributed by atoms with Crippen LogP contribution in [-0.4, -0.2) is 5.78 Å². The molecule has 1 atom stereocenters. The number of allylic oxidation sites excluding steroid dienone is 1. The smallest absolute Gasteiger partial charge is 0.160 e. The van der Waals surface area contributed by atoms with E-state index in [0.717, 1.165) is 24.1 Å². The number of hydrogen-bond acceptors (Lipinski definition) is 2. The number of ketones is 1. The van der Waals surface area contributed by atoms with Gasteiger partial charge in [-0.15, -0.1) is 0 Å². The summed E-state index contributed by atoms with van der Waals surface area (Å²) in [7, 11) is 0. The van der Waals surface area contributed by atoms with Gasteiger partial charge in [-0.25, -0.2) is 4.39 Å². The quantitative estimate of drug-likeness (QED) is 0.789. The van der Waals surface area contributed by atoms with Gasteiger partial charge in [-0.3, -0.25) is 4.79 Å². The first kappa shape index (κ1) is 15.7. The second-order valence-electron chi connectivity index (χ2n) is 7.01. The molecule has 0 spiro atoms. The summed E-state index contributed by atoms with van der Waals surface area (Å²) in [5.41, 5.74) is 2.47. The van der Waals surface area contributed by atoms with Crippen molar-refractivity contribution in [1.29, 1.82) is 0 Å². The van der Waals surface area contributed by atoms with Crippen LogP contribution in [0.2, 0.25) is 0 Å². The number of benzene rings is 1. The van der Waals surface area contributed by atoms with E-state index in [2.05, 4.69) is 26.1 Å². The highest BCUT2D eigenvalue weighted by atomic mass is 19.1. The fraction of sp³-hybridized carbons (Fsp3) is 0.500. The zero-order chi connectivity index (χ0) is 15.6. The highest BCUT2D eigenvalue weighted by Crippen LogP contribution is 2.38. The Morgan fingerprint density at radius 2 is 2.05 bits per heavy atom. The third-order valence-corrected chi connectivity index (χ3v) is 4.34. The molecule has 1 aliphatic carbocycles. The van der Waals surface area contributed by atoms with E-state index in [9.17, 15) is 9.18 Å². The van der Waals surface area contributed by atoms with Crippen molar-refractivity contribution in [2.45, 2.75) is 47.0 Å². The van der Waals surface area contributed by atoms with Gasteiger partial charge in [0.1, 0.15) is 5.82 Å². The Labute approximate surface area is 126 Å². The largest absolute Gasteiger partial charge is 0.361 e. The molecule has 21 heavy (non-hydrogen) atoms. The fourth-order valence-corrected chi connectivity index (χ4v) is 2.73. The summed E-state index contributed by atoms with van der Waals surface area (Å²) in [5.74, 6) is 0.537. The van der Waals surface area contributed by atoms with Crippen molar-refractivity contribution < 1.29 is 9.18 Å². The number of aryl methyl sites for hydroxylation is 1. The van der Waals surface area contributed by atoms with E-state index in [-0.39, 0.29) is 17.0 Å². The molecule has 0 aliphatic heterocycles. The fourth-order valence-electron chi connectivity index (χ4n) is 2.73. The Hall–Kier alpha value is -1.64. The van der Waals surface area contributed by atoms with Gasteiger partial charge < -0.3 is 5.32 Å². The number of rotatable bonds is 2. The number of nitrogens with one attached hydrogen (secondary N) is 1. The van der Waals surface area contributed by atoms with Crippen LogP contribution < -0.4 is 5.32 Å². The van der Waals surface area contributed by atoms with E-state index in [4.69, 9.17) is 0 Å². The van der Waals surface area contributed by atoms with Crippen LogP contribution >= 0.6 is 0 Å².